The van der Waals surface area contributed by atoms with E-state index in [2.05, 4.69) is 29.4 Å². The van der Waals surface area contributed by atoms with Crippen LogP contribution in [0.25, 0.3) is 0 Å². The molecule has 1 N–H and O–H groups in total. The number of ether oxygens (including phenoxy) is 1. The molecule has 0 aliphatic rings. The van der Waals surface area contributed by atoms with E-state index in [4.69, 9.17) is 4.74 Å². The predicted octanol–water partition coefficient (Wildman–Crippen LogP) is 4.06. The molecule has 1 unspecified atom stereocenters. The average Bonchev–Trinajstić information content (AvgIpc) is 2.88. The van der Waals surface area contributed by atoms with Gasteiger partial charge >= 0.3 is 0 Å². The Hall–Kier alpha value is -1.60. The number of hydrogen-bond donors (Lipinski definition) is 1. The van der Waals surface area contributed by atoms with Gasteiger partial charge in [0.1, 0.15) is 5.75 Å². The summed E-state index contributed by atoms with van der Waals surface area (Å²) in [5, 5.41) is 11.7. The van der Waals surface area contributed by atoms with E-state index >= 15 is 0 Å². The minimum Gasteiger partial charge on any atom is -0.481 e. The van der Waals surface area contributed by atoms with E-state index in [0.717, 1.165) is 15.5 Å². The Morgan fingerprint density at radius 1 is 1.26 bits per heavy atom. The highest BCUT2D eigenvalue weighted by atomic mass is 32.2. The van der Waals surface area contributed by atoms with E-state index in [1.165, 1.54) is 11.3 Å². The van der Waals surface area contributed by atoms with Gasteiger partial charge < -0.3 is 4.74 Å². The predicted molar refractivity (Wildman–Crippen MR) is 95.5 cm³/mol. The van der Waals surface area contributed by atoms with Crippen LogP contribution in [0, 0.1) is 13.8 Å². The van der Waals surface area contributed by atoms with Crippen molar-refractivity contribution in [2.45, 2.75) is 50.3 Å². The van der Waals surface area contributed by atoms with Crippen LogP contribution in [0.1, 0.15) is 31.9 Å². The van der Waals surface area contributed by atoms with Crippen molar-refractivity contribution in [3.63, 3.8) is 0 Å². The van der Waals surface area contributed by atoms with Gasteiger partial charge in [0.25, 0.3) is 5.91 Å². The van der Waals surface area contributed by atoms with Gasteiger partial charge in [0.2, 0.25) is 5.13 Å². The largest absolute Gasteiger partial charge is 0.481 e. The monoisotopic (exact) mass is 351 g/mol. The SMILES string of the molecule is Cc1ccc(OC(C)C(=O)Nc2nnc(SC(C)C)s2)c(C)c1. The number of hydrogen-bond acceptors (Lipinski definition) is 6. The maximum atomic E-state index is 12.2. The van der Waals surface area contributed by atoms with Crippen LogP contribution in [0.15, 0.2) is 22.5 Å². The standard InChI is InChI=1S/C16H21N3O2S2/c1-9(2)22-16-19-18-15(23-16)17-14(20)12(5)21-13-7-6-10(3)8-11(13)4/h6-9,12H,1-5H3,(H,17,18,20). The molecule has 1 amide bonds. The van der Waals surface area contributed by atoms with Crippen molar-refractivity contribution < 1.29 is 9.53 Å². The number of aryl methyl sites for hydroxylation is 2. The van der Waals surface area contributed by atoms with Crippen molar-refractivity contribution in [3.05, 3.63) is 29.3 Å². The lowest BCUT2D eigenvalue weighted by atomic mass is 10.1. The van der Waals surface area contributed by atoms with Crippen LogP contribution in [0.2, 0.25) is 0 Å². The van der Waals surface area contributed by atoms with Gasteiger partial charge in [0.05, 0.1) is 0 Å². The first kappa shape index (κ1) is 17.7. The van der Waals surface area contributed by atoms with Crippen molar-refractivity contribution >= 4 is 34.1 Å². The molecule has 124 valence electrons. The highest BCUT2D eigenvalue weighted by molar-refractivity contribution is 8.01. The van der Waals surface area contributed by atoms with Crippen LogP contribution in [-0.2, 0) is 4.79 Å². The molecule has 7 heteroatoms. The lowest BCUT2D eigenvalue weighted by Gasteiger charge is -2.15. The number of nitrogens with zero attached hydrogens (tertiary/aromatic N) is 2. The molecule has 2 aromatic rings. The molecule has 0 aliphatic heterocycles. The van der Waals surface area contributed by atoms with Gasteiger partial charge in [-0.3, -0.25) is 10.1 Å². The third kappa shape index (κ3) is 5.21. The first-order valence-corrected chi connectivity index (χ1v) is 9.09. The molecule has 1 aromatic heterocycles. The number of carbonyl (C=O) groups excluding carboxylic acids is 1. The number of carbonyl (C=O) groups is 1. The first-order chi connectivity index (χ1) is 10.8. The summed E-state index contributed by atoms with van der Waals surface area (Å²) in [4.78, 5) is 12.2. The minimum atomic E-state index is -0.610. The van der Waals surface area contributed by atoms with Crippen LogP contribution in [0.3, 0.4) is 0 Å². The van der Waals surface area contributed by atoms with Crippen molar-refractivity contribution in [1.29, 1.82) is 0 Å². The van der Waals surface area contributed by atoms with Gasteiger partial charge in [-0.1, -0.05) is 54.6 Å². The number of nitrogens with one attached hydrogen (secondary N) is 1. The van der Waals surface area contributed by atoms with Crippen molar-refractivity contribution in [3.8, 4) is 5.75 Å². The maximum Gasteiger partial charge on any atom is 0.266 e. The molecule has 1 atom stereocenters. The van der Waals surface area contributed by atoms with Gasteiger partial charge in [0.15, 0.2) is 10.4 Å². The lowest BCUT2D eigenvalue weighted by Crippen LogP contribution is -2.30. The van der Waals surface area contributed by atoms with E-state index < -0.39 is 6.10 Å². The molecule has 0 bridgehead atoms. The fourth-order valence-electron chi connectivity index (χ4n) is 1.89. The van der Waals surface area contributed by atoms with E-state index in [1.54, 1.807) is 18.7 Å². The highest BCUT2D eigenvalue weighted by Crippen LogP contribution is 2.28. The number of amides is 1. The summed E-state index contributed by atoms with van der Waals surface area (Å²) >= 11 is 2.99. The fraction of sp³-hybridized carbons (Fsp3) is 0.438. The van der Waals surface area contributed by atoms with Gasteiger partial charge in [-0.05, 0) is 32.4 Å². The Morgan fingerprint density at radius 3 is 2.65 bits per heavy atom. The number of anilines is 1. The number of thioether (sulfide) groups is 1. The Balaban J connectivity index is 1.95. The van der Waals surface area contributed by atoms with Crippen LogP contribution in [-0.4, -0.2) is 27.5 Å². The summed E-state index contributed by atoms with van der Waals surface area (Å²) in [5.41, 5.74) is 2.17. The fourth-order valence-corrected chi connectivity index (χ4v) is 3.87. The van der Waals surface area contributed by atoms with Crippen molar-refractivity contribution in [1.82, 2.24) is 10.2 Å². The summed E-state index contributed by atoms with van der Waals surface area (Å²) in [5.74, 6) is 0.480. The van der Waals surface area contributed by atoms with E-state index in [0.29, 0.717) is 16.1 Å². The van der Waals surface area contributed by atoms with Crippen LogP contribution < -0.4 is 10.1 Å². The maximum absolute atomic E-state index is 12.2. The second-order valence-electron chi connectivity index (χ2n) is 5.56. The van der Waals surface area contributed by atoms with Gasteiger partial charge in [-0.15, -0.1) is 10.2 Å². The molecule has 0 saturated carbocycles. The summed E-state index contributed by atoms with van der Waals surface area (Å²) < 4.78 is 6.59. The first-order valence-electron chi connectivity index (χ1n) is 7.40. The zero-order valence-electron chi connectivity index (χ0n) is 13.9. The molecular weight excluding hydrogens is 330 g/mol. The van der Waals surface area contributed by atoms with Gasteiger partial charge in [-0.25, -0.2) is 0 Å². The molecule has 5 nitrogen and oxygen atoms in total. The Kier molecular flexibility index (Phi) is 6.01. The summed E-state index contributed by atoms with van der Waals surface area (Å²) in [6, 6.07) is 5.88. The summed E-state index contributed by atoms with van der Waals surface area (Å²) in [7, 11) is 0. The van der Waals surface area contributed by atoms with Gasteiger partial charge in [0, 0.05) is 5.25 Å². The Labute approximate surface area is 144 Å². The zero-order valence-corrected chi connectivity index (χ0v) is 15.5. The normalized spacial score (nSPS) is 12.3. The molecule has 0 spiro atoms. The van der Waals surface area contributed by atoms with Crippen molar-refractivity contribution in [2.24, 2.45) is 0 Å². The molecule has 1 aromatic carbocycles. The minimum absolute atomic E-state index is 0.234. The lowest BCUT2D eigenvalue weighted by molar-refractivity contribution is -0.122. The molecule has 0 aliphatic carbocycles. The van der Waals surface area contributed by atoms with E-state index in [1.807, 2.05) is 32.0 Å². The van der Waals surface area contributed by atoms with Crippen LogP contribution in [0.4, 0.5) is 5.13 Å². The Bertz CT molecular complexity index is 686. The van der Waals surface area contributed by atoms with E-state index in [-0.39, 0.29) is 5.91 Å². The molecule has 0 fully saturated rings. The topological polar surface area (TPSA) is 64.1 Å². The summed E-state index contributed by atoms with van der Waals surface area (Å²) in [6.45, 7) is 9.88. The summed E-state index contributed by atoms with van der Waals surface area (Å²) in [6.07, 6.45) is -0.610. The highest BCUT2D eigenvalue weighted by Gasteiger charge is 2.18. The molecule has 2 rings (SSSR count). The molecular formula is C16H21N3O2S2. The average molecular weight is 351 g/mol. The molecule has 1 heterocycles. The Morgan fingerprint density at radius 2 is 2.00 bits per heavy atom. The number of aromatic nitrogens is 2. The zero-order chi connectivity index (χ0) is 17.0. The molecule has 0 radical (unpaired) electrons. The smallest absolute Gasteiger partial charge is 0.266 e. The second-order valence-corrected chi connectivity index (χ2v) is 8.36. The van der Waals surface area contributed by atoms with Crippen LogP contribution >= 0.6 is 23.1 Å². The van der Waals surface area contributed by atoms with E-state index in [9.17, 15) is 4.79 Å². The van der Waals surface area contributed by atoms with Crippen molar-refractivity contribution in [2.75, 3.05) is 5.32 Å². The van der Waals surface area contributed by atoms with Gasteiger partial charge in [-0.2, -0.15) is 0 Å². The number of benzene rings is 1. The number of rotatable bonds is 6. The van der Waals surface area contributed by atoms with Crippen LogP contribution in [0.5, 0.6) is 5.75 Å². The third-order valence-electron chi connectivity index (χ3n) is 2.98. The second kappa shape index (κ2) is 7.79. The molecule has 23 heavy (non-hydrogen) atoms. The molecule has 0 saturated heterocycles. The third-order valence-corrected chi connectivity index (χ3v) is 4.90. The quantitative estimate of drug-likeness (QED) is 0.628.